The molecule has 0 radical (unpaired) electrons. The zero-order valence-electron chi connectivity index (χ0n) is 12.1. The number of hydrogen-bond acceptors (Lipinski definition) is 4. The number of thiazole rings is 1. The van der Waals surface area contributed by atoms with Crippen molar-refractivity contribution in [1.29, 1.82) is 0 Å². The molecule has 0 amide bonds. The Morgan fingerprint density at radius 3 is 2.81 bits per heavy atom. The molecule has 0 saturated carbocycles. The van der Waals surface area contributed by atoms with E-state index < -0.39 is 0 Å². The van der Waals surface area contributed by atoms with Crippen LogP contribution in [0, 0.1) is 0 Å². The monoisotopic (exact) mass is 321 g/mol. The second-order valence-electron chi connectivity index (χ2n) is 6.20. The second kappa shape index (κ2) is 5.11. The molecule has 3 nitrogen and oxygen atoms in total. The molecule has 1 atom stereocenters. The molecule has 1 aliphatic rings. The van der Waals surface area contributed by atoms with Crippen LogP contribution in [0.4, 0.5) is 0 Å². The minimum Gasteiger partial charge on any atom is -0.483 e. The van der Waals surface area contributed by atoms with Crippen LogP contribution in [0.15, 0.2) is 23.6 Å². The predicted octanol–water partition coefficient (Wildman–Crippen LogP) is 4.80. The number of fused-ring (bicyclic) bond motifs is 1. The number of benzene rings is 1. The molecule has 0 bridgehead atoms. The van der Waals surface area contributed by atoms with Gasteiger partial charge in [-0.3, -0.25) is 4.79 Å². The third-order valence-corrected chi connectivity index (χ3v) is 4.90. The molecule has 3 rings (SSSR count). The highest BCUT2D eigenvalue weighted by molar-refractivity contribution is 7.09. The molecular formula is C16H16ClNO2S. The molecule has 21 heavy (non-hydrogen) atoms. The van der Waals surface area contributed by atoms with Crippen molar-refractivity contribution < 1.29 is 9.53 Å². The van der Waals surface area contributed by atoms with Crippen molar-refractivity contribution in [3.05, 3.63) is 44.9 Å². The number of hydrogen-bond donors (Lipinski definition) is 0. The van der Waals surface area contributed by atoms with Gasteiger partial charge in [0.1, 0.15) is 11.9 Å². The van der Waals surface area contributed by atoms with Gasteiger partial charge in [-0.1, -0.05) is 32.4 Å². The molecule has 5 heteroatoms. The number of ether oxygens (including phenoxy) is 1. The molecule has 1 aromatic carbocycles. The lowest BCUT2D eigenvalue weighted by atomic mass is 9.97. The number of ketones is 1. The van der Waals surface area contributed by atoms with Crippen LogP contribution in [-0.4, -0.2) is 10.8 Å². The van der Waals surface area contributed by atoms with Gasteiger partial charge in [0.15, 0.2) is 5.78 Å². The van der Waals surface area contributed by atoms with Gasteiger partial charge in [-0.15, -0.1) is 11.3 Å². The van der Waals surface area contributed by atoms with E-state index in [4.69, 9.17) is 16.3 Å². The van der Waals surface area contributed by atoms with Crippen LogP contribution in [0.1, 0.15) is 54.4 Å². The van der Waals surface area contributed by atoms with E-state index in [9.17, 15) is 4.79 Å². The minimum absolute atomic E-state index is 0.00697. The summed E-state index contributed by atoms with van der Waals surface area (Å²) in [6.07, 6.45) is -0.000712. The number of halogens is 1. The third-order valence-electron chi connectivity index (χ3n) is 3.38. The highest BCUT2D eigenvalue weighted by Crippen LogP contribution is 2.37. The summed E-state index contributed by atoms with van der Waals surface area (Å²) >= 11 is 7.54. The molecule has 110 valence electrons. The van der Waals surface area contributed by atoms with E-state index in [0.717, 1.165) is 10.7 Å². The maximum absolute atomic E-state index is 12.3. The number of nitrogens with zero attached hydrogens (tertiary/aromatic N) is 1. The van der Waals surface area contributed by atoms with Crippen LogP contribution in [0.5, 0.6) is 5.75 Å². The summed E-state index contributed by atoms with van der Waals surface area (Å²) in [5.74, 6) is 0.639. The maximum atomic E-state index is 12.3. The standard InChI is InChI=1S/C16H16ClNO2S/c1-16(2,3)15-18-11(8-21-15)14-7-12(19)10-6-9(17)4-5-13(10)20-14/h4-6,8,14H,7H2,1-3H3. The second-order valence-corrected chi connectivity index (χ2v) is 7.50. The van der Waals surface area contributed by atoms with Gasteiger partial charge >= 0.3 is 0 Å². The average molecular weight is 322 g/mol. The number of Topliss-reactive ketones (excluding diaryl/α,β-unsaturated/α-hetero) is 1. The number of carbonyl (C=O) groups is 1. The molecule has 0 aliphatic carbocycles. The fourth-order valence-corrected chi connectivity index (χ4v) is 3.36. The average Bonchev–Trinajstić information content (AvgIpc) is 2.89. The van der Waals surface area contributed by atoms with Crippen LogP contribution < -0.4 is 4.74 Å². The molecule has 0 N–H and O–H groups in total. The van der Waals surface area contributed by atoms with E-state index in [-0.39, 0.29) is 17.3 Å². The Hall–Kier alpha value is -1.39. The Balaban J connectivity index is 1.91. The van der Waals surface area contributed by atoms with Gasteiger partial charge < -0.3 is 4.74 Å². The minimum atomic E-state index is -0.307. The lowest BCUT2D eigenvalue weighted by Crippen LogP contribution is -2.21. The number of aromatic nitrogens is 1. The first-order valence-electron chi connectivity index (χ1n) is 6.80. The molecule has 0 saturated heterocycles. The Bertz CT molecular complexity index is 703. The summed E-state index contributed by atoms with van der Waals surface area (Å²) in [5.41, 5.74) is 1.40. The first-order valence-corrected chi connectivity index (χ1v) is 8.05. The summed E-state index contributed by atoms with van der Waals surface area (Å²) in [7, 11) is 0. The van der Waals surface area contributed by atoms with Crippen LogP contribution in [0.25, 0.3) is 0 Å². The zero-order valence-corrected chi connectivity index (χ0v) is 13.7. The van der Waals surface area contributed by atoms with Crippen molar-refractivity contribution in [2.75, 3.05) is 0 Å². The van der Waals surface area contributed by atoms with Crippen molar-refractivity contribution in [1.82, 2.24) is 4.98 Å². The van der Waals surface area contributed by atoms with Crippen molar-refractivity contribution in [3.63, 3.8) is 0 Å². The number of rotatable bonds is 1. The van der Waals surface area contributed by atoms with Gasteiger partial charge in [-0.2, -0.15) is 0 Å². The first-order chi connectivity index (χ1) is 9.84. The number of carbonyl (C=O) groups excluding carboxylic acids is 1. The SMILES string of the molecule is CC(C)(C)c1nc(C2CC(=O)c3cc(Cl)ccc3O2)cs1. The molecule has 0 fully saturated rings. The predicted molar refractivity (Wildman–Crippen MR) is 84.6 cm³/mol. The van der Waals surface area contributed by atoms with Gasteiger partial charge in [-0.25, -0.2) is 4.98 Å². The molecule has 1 unspecified atom stereocenters. The Morgan fingerprint density at radius 1 is 1.38 bits per heavy atom. The zero-order chi connectivity index (χ0) is 15.2. The van der Waals surface area contributed by atoms with Crippen LogP contribution in [-0.2, 0) is 5.41 Å². The van der Waals surface area contributed by atoms with Crippen LogP contribution in [0.3, 0.4) is 0 Å². The normalized spacial score (nSPS) is 18.3. The Kier molecular flexibility index (Phi) is 3.54. The summed E-state index contributed by atoms with van der Waals surface area (Å²) < 4.78 is 5.93. The van der Waals surface area contributed by atoms with Gasteiger partial charge in [0, 0.05) is 15.8 Å². The van der Waals surface area contributed by atoms with E-state index >= 15 is 0 Å². The quantitative estimate of drug-likeness (QED) is 0.757. The fourth-order valence-electron chi connectivity index (χ4n) is 2.24. The lowest BCUT2D eigenvalue weighted by Gasteiger charge is -2.24. The summed E-state index contributed by atoms with van der Waals surface area (Å²) in [6.45, 7) is 6.37. The fraction of sp³-hybridized carbons (Fsp3) is 0.375. The van der Waals surface area contributed by atoms with Crippen LogP contribution >= 0.6 is 22.9 Å². The van der Waals surface area contributed by atoms with Crippen molar-refractivity contribution in [2.45, 2.75) is 38.7 Å². The molecule has 2 heterocycles. The summed E-state index contributed by atoms with van der Waals surface area (Å²) in [4.78, 5) is 16.9. The Morgan fingerprint density at radius 2 is 2.14 bits per heavy atom. The molecule has 2 aromatic rings. The molecule has 1 aromatic heterocycles. The van der Waals surface area contributed by atoms with E-state index in [0.29, 0.717) is 22.8 Å². The molecule has 0 spiro atoms. The maximum Gasteiger partial charge on any atom is 0.170 e. The smallest absolute Gasteiger partial charge is 0.170 e. The third kappa shape index (κ3) is 2.83. The highest BCUT2D eigenvalue weighted by atomic mass is 35.5. The largest absolute Gasteiger partial charge is 0.483 e. The molecular weight excluding hydrogens is 306 g/mol. The highest BCUT2D eigenvalue weighted by Gasteiger charge is 2.30. The van der Waals surface area contributed by atoms with Gasteiger partial charge in [-0.05, 0) is 18.2 Å². The van der Waals surface area contributed by atoms with Crippen LogP contribution in [0.2, 0.25) is 5.02 Å². The Labute approximate surface area is 132 Å². The van der Waals surface area contributed by atoms with E-state index in [1.165, 1.54) is 0 Å². The van der Waals surface area contributed by atoms with Crippen molar-refractivity contribution in [3.8, 4) is 5.75 Å². The lowest BCUT2D eigenvalue weighted by molar-refractivity contribution is 0.0845. The van der Waals surface area contributed by atoms with Crippen molar-refractivity contribution >= 4 is 28.7 Å². The topological polar surface area (TPSA) is 39.2 Å². The first kappa shape index (κ1) is 14.5. The van der Waals surface area contributed by atoms with E-state index in [1.54, 1.807) is 29.5 Å². The van der Waals surface area contributed by atoms with Gasteiger partial charge in [0.2, 0.25) is 0 Å². The van der Waals surface area contributed by atoms with Crippen molar-refractivity contribution in [2.24, 2.45) is 0 Å². The summed E-state index contributed by atoms with van der Waals surface area (Å²) in [5, 5.41) is 3.59. The van der Waals surface area contributed by atoms with E-state index in [2.05, 4.69) is 25.8 Å². The van der Waals surface area contributed by atoms with E-state index in [1.807, 2.05) is 5.38 Å². The van der Waals surface area contributed by atoms with Gasteiger partial charge in [0.05, 0.1) is 22.7 Å². The summed E-state index contributed by atoms with van der Waals surface area (Å²) in [6, 6.07) is 5.15. The molecule has 1 aliphatic heterocycles. The van der Waals surface area contributed by atoms with Gasteiger partial charge in [0.25, 0.3) is 0 Å².